The number of hydrogen-bond donors (Lipinski definition) is 2. The van der Waals surface area contributed by atoms with Gasteiger partial charge in [0.1, 0.15) is 5.56 Å². The first-order chi connectivity index (χ1) is 10.9. The molecule has 3 heterocycles. The van der Waals surface area contributed by atoms with E-state index in [1.807, 2.05) is 0 Å². The number of aryl methyl sites for hydroxylation is 1. The Morgan fingerprint density at radius 1 is 1.22 bits per heavy atom. The topological polar surface area (TPSA) is 62.7 Å². The quantitative estimate of drug-likeness (QED) is 0.897. The molecule has 0 atom stereocenters. The Morgan fingerprint density at radius 2 is 1.96 bits per heavy atom. The average molecular weight is 343 g/mol. The van der Waals surface area contributed by atoms with E-state index >= 15 is 0 Å². The zero-order valence-corrected chi connectivity index (χ0v) is 13.3. The summed E-state index contributed by atoms with van der Waals surface area (Å²) in [6.07, 6.45) is -0.452. The molecule has 2 aromatic rings. The number of thiazole rings is 1. The van der Waals surface area contributed by atoms with Gasteiger partial charge in [-0.1, -0.05) is 0 Å². The Morgan fingerprint density at radius 3 is 2.57 bits per heavy atom. The molecule has 1 saturated heterocycles. The van der Waals surface area contributed by atoms with Crippen molar-refractivity contribution in [2.75, 3.05) is 18.4 Å². The predicted octanol–water partition coefficient (Wildman–Crippen LogP) is 3.09. The van der Waals surface area contributed by atoms with E-state index < -0.39 is 11.7 Å². The van der Waals surface area contributed by atoms with E-state index in [0.29, 0.717) is 9.88 Å². The number of aromatic nitrogens is 3. The van der Waals surface area contributed by atoms with Crippen LogP contribution in [0.4, 0.5) is 19.1 Å². The van der Waals surface area contributed by atoms with Gasteiger partial charge in [0.15, 0.2) is 0 Å². The van der Waals surface area contributed by atoms with Crippen molar-refractivity contribution in [3.05, 3.63) is 23.0 Å². The third-order valence-electron chi connectivity index (χ3n) is 3.62. The lowest BCUT2D eigenvalue weighted by atomic mass is 10.1. The van der Waals surface area contributed by atoms with E-state index in [4.69, 9.17) is 0 Å². The van der Waals surface area contributed by atoms with Gasteiger partial charge in [-0.05, 0) is 32.9 Å². The molecule has 124 valence electrons. The second-order valence-electron chi connectivity index (χ2n) is 5.37. The molecular weight excluding hydrogens is 327 g/mol. The summed E-state index contributed by atoms with van der Waals surface area (Å²) in [5, 5.41) is 7.06. The number of nitrogens with one attached hydrogen (secondary N) is 2. The molecule has 0 amide bonds. The second-order valence-corrected chi connectivity index (χ2v) is 6.60. The SMILES string of the molecule is Cc1ncc(-c2nc(NC3CCNCC3)ncc2C(F)(F)F)s1. The molecule has 1 fully saturated rings. The number of piperidine rings is 1. The molecule has 5 nitrogen and oxygen atoms in total. The van der Waals surface area contributed by atoms with E-state index in [0.717, 1.165) is 32.1 Å². The van der Waals surface area contributed by atoms with Crippen LogP contribution in [0.5, 0.6) is 0 Å². The molecule has 9 heteroatoms. The molecule has 0 bridgehead atoms. The molecule has 0 unspecified atom stereocenters. The van der Waals surface area contributed by atoms with E-state index in [1.165, 1.54) is 17.5 Å². The van der Waals surface area contributed by atoms with Crippen molar-refractivity contribution in [2.45, 2.75) is 32.0 Å². The highest BCUT2D eigenvalue weighted by Gasteiger charge is 2.36. The minimum Gasteiger partial charge on any atom is -0.351 e. The number of rotatable bonds is 3. The number of nitrogens with zero attached hydrogens (tertiary/aromatic N) is 3. The summed E-state index contributed by atoms with van der Waals surface area (Å²) < 4.78 is 39.6. The van der Waals surface area contributed by atoms with E-state index in [9.17, 15) is 13.2 Å². The molecule has 1 aliphatic rings. The molecule has 23 heavy (non-hydrogen) atoms. The van der Waals surface area contributed by atoms with E-state index in [2.05, 4.69) is 25.6 Å². The van der Waals surface area contributed by atoms with Crippen LogP contribution < -0.4 is 10.6 Å². The zero-order valence-electron chi connectivity index (χ0n) is 12.4. The lowest BCUT2D eigenvalue weighted by Gasteiger charge is -2.24. The summed E-state index contributed by atoms with van der Waals surface area (Å²) in [5.41, 5.74) is -0.952. The molecule has 0 saturated carbocycles. The van der Waals surface area contributed by atoms with Crippen LogP contribution >= 0.6 is 11.3 Å². The molecule has 0 aliphatic carbocycles. The molecular formula is C14H16F3N5S. The maximum Gasteiger partial charge on any atom is 0.420 e. The lowest BCUT2D eigenvalue weighted by molar-refractivity contribution is -0.137. The number of halogens is 3. The summed E-state index contributed by atoms with van der Waals surface area (Å²) in [6.45, 7) is 3.50. The predicted molar refractivity (Wildman–Crippen MR) is 82.4 cm³/mol. The Labute approximate surface area is 135 Å². The first-order valence-electron chi connectivity index (χ1n) is 7.28. The molecule has 1 aliphatic heterocycles. The van der Waals surface area contributed by atoms with Crippen molar-refractivity contribution in [2.24, 2.45) is 0 Å². The molecule has 0 aromatic carbocycles. The second kappa shape index (κ2) is 6.40. The van der Waals surface area contributed by atoms with Gasteiger partial charge >= 0.3 is 6.18 Å². The van der Waals surface area contributed by atoms with Crippen LogP contribution in [0, 0.1) is 6.92 Å². The minimum absolute atomic E-state index is 0.116. The first-order valence-corrected chi connectivity index (χ1v) is 8.09. The maximum absolute atomic E-state index is 13.2. The Balaban J connectivity index is 1.94. The molecule has 0 radical (unpaired) electrons. The monoisotopic (exact) mass is 343 g/mol. The summed E-state index contributed by atoms with van der Waals surface area (Å²) >= 11 is 1.19. The van der Waals surface area contributed by atoms with Crippen molar-refractivity contribution in [3.8, 4) is 10.6 Å². The van der Waals surface area contributed by atoms with Crippen LogP contribution in [0.25, 0.3) is 10.6 Å². The van der Waals surface area contributed by atoms with E-state index in [1.54, 1.807) is 6.92 Å². The zero-order chi connectivity index (χ0) is 16.4. The summed E-state index contributed by atoms with van der Waals surface area (Å²) in [6, 6.07) is 0.170. The van der Waals surface area contributed by atoms with Gasteiger partial charge in [-0.25, -0.2) is 15.0 Å². The van der Waals surface area contributed by atoms with Gasteiger partial charge in [0.2, 0.25) is 5.95 Å². The van der Waals surface area contributed by atoms with Gasteiger partial charge in [-0.2, -0.15) is 13.2 Å². The van der Waals surface area contributed by atoms with Gasteiger partial charge in [0.05, 0.1) is 15.6 Å². The van der Waals surface area contributed by atoms with Crippen molar-refractivity contribution >= 4 is 17.3 Å². The standard InChI is InChI=1S/C14H16F3N5S/c1-8-19-7-11(23-8)12-10(14(15,16)17)6-20-13(22-12)21-9-2-4-18-5-3-9/h6-7,9,18H,2-5H2,1H3,(H,20,21,22). The lowest BCUT2D eigenvalue weighted by Crippen LogP contribution is -2.35. The Bertz CT molecular complexity index is 679. The van der Waals surface area contributed by atoms with Gasteiger partial charge in [-0.15, -0.1) is 11.3 Å². The van der Waals surface area contributed by atoms with Crippen molar-refractivity contribution in [1.82, 2.24) is 20.3 Å². The molecule has 2 N–H and O–H groups in total. The number of hydrogen-bond acceptors (Lipinski definition) is 6. The average Bonchev–Trinajstić information content (AvgIpc) is 2.94. The van der Waals surface area contributed by atoms with Crippen LogP contribution in [-0.4, -0.2) is 34.1 Å². The molecule has 3 rings (SSSR count). The summed E-state index contributed by atoms with van der Waals surface area (Å²) in [5.74, 6) is 0.228. The molecule has 0 spiro atoms. The van der Waals surface area contributed by atoms with E-state index in [-0.39, 0.29) is 17.7 Å². The number of alkyl halides is 3. The van der Waals surface area contributed by atoms with Crippen LogP contribution in [-0.2, 0) is 6.18 Å². The van der Waals surface area contributed by atoms with Gasteiger partial charge < -0.3 is 10.6 Å². The van der Waals surface area contributed by atoms with Crippen molar-refractivity contribution in [3.63, 3.8) is 0 Å². The Hall–Kier alpha value is -1.74. The van der Waals surface area contributed by atoms with Crippen LogP contribution in [0.15, 0.2) is 12.4 Å². The van der Waals surface area contributed by atoms with Gasteiger partial charge in [-0.3, -0.25) is 0 Å². The van der Waals surface area contributed by atoms with Crippen LogP contribution in [0.3, 0.4) is 0 Å². The Kier molecular flexibility index (Phi) is 4.49. The molecule has 2 aromatic heterocycles. The highest BCUT2D eigenvalue weighted by atomic mass is 32.1. The summed E-state index contributed by atoms with van der Waals surface area (Å²) in [7, 11) is 0. The largest absolute Gasteiger partial charge is 0.420 e. The first kappa shape index (κ1) is 16.1. The van der Waals surface area contributed by atoms with Crippen LogP contribution in [0.1, 0.15) is 23.4 Å². The van der Waals surface area contributed by atoms with Gasteiger partial charge in [0.25, 0.3) is 0 Å². The maximum atomic E-state index is 13.2. The third kappa shape index (κ3) is 3.78. The highest BCUT2D eigenvalue weighted by molar-refractivity contribution is 7.15. The van der Waals surface area contributed by atoms with Crippen molar-refractivity contribution in [1.29, 1.82) is 0 Å². The fourth-order valence-corrected chi connectivity index (χ4v) is 3.25. The summed E-state index contributed by atoms with van der Waals surface area (Å²) in [4.78, 5) is 12.4. The normalized spacial score (nSPS) is 16.5. The van der Waals surface area contributed by atoms with Gasteiger partial charge in [0, 0.05) is 18.4 Å². The minimum atomic E-state index is -4.50. The van der Waals surface area contributed by atoms with Crippen molar-refractivity contribution < 1.29 is 13.2 Å². The third-order valence-corrected chi connectivity index (χ3v) is 4.54. The number of anilines is 1. The highest BCUT2D eigenvalue weighted by Crippen LogP contribution is 2.37. The van der Waals surface area contributed by atoms with Crippen LogP contribution in [0.2, 0.25) is 0 Å². The fraction of sp³-hybridized carbons (Fsp3) is 0.500. The smallest absolute Gasteiger partial charge is 0.351 e. The fourth-order valence-electron chi connectivity index (χ4n) is 2.47.